The lowest BCUT2D eigenvalue weighted by Gasteiger charge is -2.37. The van der Waals surface area contributed by atoms with Gasteiger partial charge in [0.05, 0.1) is 12.0 Å². The number of aromatic nitrogens is 1. The minimum absolute atomic E-state index is 0.0708. The molecular weight excluding hydrogens is 365 g/mol. The zero-order valence-corrected chi connectivity index (χ0v) is 13.5. The zero-order valence-electron chi connectivity index (χ0n) is 13.5. The number of hydrogen-bond donors (Lipinski definition) is 3. The van der Waals surface area contributed by atoms with Crippen molar-refractivity contribution in [2.75, 3.05) is 6.61 Å². The van der Waals surface area contributed by atoms with Crippen molar-refractivity contribution >= 4 is 6.03 Å². The van der Waals surface area contributed by atoms with Crippen molar-refractivity contribution in [3.05, 3.63) is 23.9 Å². The lowest BCUT2D eigenvalue weighted by atomic mass is 9.80. The van der Waals surface area contributed by atoms with E-state index in [-0.39, 0.29) is 31.7 Å². The molecule has 0 aliphatic heterocycles. The van der Waals surface area contributed by atoms with Gasteiger partial charge < -0.3 is 20.5 Å². The van der Waals surface area contributed by atoms with E-state index in [1.165, 1.54) is 18.3 Å². The third kappa shape index (κ3) is 5.68. The highest BCUT2D eigenvalue weighted by molar-refractivity contribution is 5.75. The molecule has 3 N–H and O–H groups in total. The predicted molar refractivity (Wildman–Crippen MR) is 79.5 cm³/mol. The van der Waals surface area contributed by atoms with Gasteiger partial charge in [-0.25, -0.2) is 9.78 Å². The van der Waals surface area contributed by atoms with Crippen molar-refractivity contribution in [1.82, 2.24) is 15.6 Å². The molecular formula is C15H18F5N3O3. The number of pyridine rings is 1. The van der Waals surface area contributed by atoms with Gasteiger partial charge in [-0.05, 0) is 30.9 Å². The number of rotatable bonds is 7. The summed E-state index contributed by atoms with van der Waals surface area (Å²) < 4.78 is 66.0. The van der Waals surface area contributed by atoms with E-state index < -0.39 is 36.8 Å². The van der Waals surface area contributed by atoms with Gasteiger partial charge in [0.15, 0.2) is 0 Å². The molecule has 0 radical (unpaired) electrons. The molecule has 0 bridgehead atoms. The summed E-state index contributed by atoms with van der Waals surface area (Å²) in [6.07, 6.45) is -3.38. The van der Waals surface area contributed by atoms with Crippen LogP contribution in [0.1, 0.15) is 30.9 Å². The molecule has 0 aromatic carbocycles. The second kappa shape index (κ2) is 8.47. The molecule has 26 heavy (non-hydrogen) atoms. The Kier molecular flexibility index (Phi) is 6.57. The van der Waals surface area contributed by atoms with E-state index in [0.717, 1.165) is 0 Å². The molecule has 1 aromatic rings. The monoisotopic (exact) mass is 383 g/mol. The molecule has 1 fully saturated rings. The first-order valence-corrected chi connectivity index (χ1v) is 7.84. The second-order valence-corrected chi connectivity index (χ2v) is 5.90. The number of nitrogens with zero attached hydrogens (tertiary/aromatic N) is 1. The van der Waals surface area contributed by atoms with Crippen molar-refractivity contribution < 1.29 is 36.6 Å². The van der Waals surface area contributed by atoms with E-state index in [4.69, 9.17) is 5.11 Å². The van der Waals surface area contributed by atoms with Crippen LogP contribution in [-0.4, -0.2) is 41.6 Å². The fourth-order valence-electron chi connectivity index (χ4n) is 2.64. The first-order chi connectivity index (χ1) is 12.2. The van der Waals surface area contributed by atoms with E-state index in [1.54, 1.807) is 0 Å². The third-order valence-electron chi connectivity index (χ3n) is 4.03. The van der Waals surface area contributed by atoms with E-state index in [2.05, 4.69) is 20.4 Å². The number of alkyl halides is 5. The van der Waals surface area contributed by atoms with Gasteiger partial charge in [0.2, 0.25) is 5.88 Å². The van der Waals surface area contributed by atoms with Crippen LogP contribution in [0.25, 0.3) is 0 Å². The van der Waals surface area contributed by atoms with Crippen molar-refractivity contribution in [3.63, 3.8) is 0 Å². The molecule has 1 heterocycles. The summed E-state index contributed by atoms with van der Waals surface area (Å²) in [6, 6.07) is 0.591. The minimum atomic E-state index is -4.27. The molecule has 1 aromatic heterocycles. The number of aliphatic hydroxyl groups excluding tert-OH is 1. The lowest BCUT2D eigenvalue weighted by molar-refractivity contribution is -0.198. The van der Waals surface area contributed by atoms with E-state index in [9.17, 15) is 26.7 Å². The number of ether oxygens (including phenoxy) is 1. The van der Waals surface area contributed by atoms with Gasteiger partial charge in [-0.1, -0.05) is 0 Å². The van der Waals surface area contributed by atoms with Crippen LogP contribution < -0.4 is 15.4 Å². The Bertz CT molecular complexity index is 608. The van der Waals surface area contributed by atoms with Gasteiger partial charge >= 0.3 is 18.8 Å². The topological polar surface area (TPSA) is 83.5 Å². The summed E-state index contributed by atoms with van der Waals surface area (Å²) in [7, 11) is 0. The maximum absolute atomic E-state index is 12.4. The van der Waals surface area contributed by atoms with Crippen LogP contribution >= 0.6 is 0 Å². The molecule has 2 amide bonds. The SMILES string of the molecule is O=C(NC1CC(C(F)(F)F)C1)NC(CCO)c1ccnc(OC(F)F)c1. The fraction of sp³-hybridized carbons (Fsp3) is 0.600. The Hall–Kier alpha value is -2.17. The maximum atomic E-state index is 12.4. The molecule has 1 atom stereocenters. The molecule has 146 valence electrons. The minimum Gasteiger partial charge on any atom is -0.417 e. The number of hydrogen-bond acceptors (Lipinski definition) is 4. The molecule has 11 heteroatoms. The van der Waals surface area contributed by atoms with Gasteiger partial charge in [-0.15, -0.1) is 0 Å². The van der Waals surface area contributed by atoms with Crippen LogP contribution in [0.15, 0.2) is 18.3 Å². The summed E-state index contributed by atoms with van der Waals surface area (Å²) in [5, 5.41) is 14.1. The third-order valence-corrected chi connectivity index (χ3v) is 4.03. The predicted octanol–water partition coefficient (Wildman–Crippen LogP) is 2.75. The summed E-state index contributed by atoms with van der Waals surface area (Å²) in [5.74, 6) is -1.77. The van der Waals surface area contributed by atoms with Crippen LogP contribution in [0.2, 0.25) is 0 Å². The first kappa shape index (κ1) is 20.1. The number of amides is 2. The summed E-state index contributed by atoms with van der Waals surface area (Å²) in [6.45, 7) is -3.37. The largest absolute Gasteiger partial charge is 0.417 e. The quantitative estimate of drug-likeness (QED) is 0.633. The van der Waals surface area contributed by atoms with Gasteiger partial charge in [0.1, 0.15) is 0 Å². The van der Waals surface area contributed by atoms with Gasteiger partial charge in [0, 0.05) is 24.9 Å². The number of nitrogens with one attached hydrogen (secondary N) is 2. The van der Waals surface area contributed by atoms with Gasteiger partial charge in [-0.2, -0.15) is 22.0 Å². The lowest BCUT2D eigenvalue weighted by Crippen LogP contribution is -2.52. The fourth-order valence-corrected chi connectivity index (χ4v) is 2.64. The molecule has 1 aliphatic carbocycles. The molecule has 0 spiro atoms. The van der Waals surface area contributed by atoms with Crippen molar-refractivity contribution in [2.24, 2.45) is 5.92 Å². The second-order valence-electron chi connectivity index (χ2n) is 5.90. The summed E-state index contributed by atoms with van der Waals surface area (Å²) >= 11 is 0. The van der Waals surface area contributed by atoms with E-state index in [1.807, 2.05) is 0 Å². The highest BCUT2D eigenvalue weighted by Gasteiger charge is 2.48. The summed E-state index contributed by atoms with van der Waals surface area (Å²) in [4.78, 5) is 15.6. The first-order valence-electron chi connectivity index (χ1n) is 7.84. The Morgan fingerprint density at radius 3 is 2.65 bits per heavy atom. The number of halogens is 5. The Morgan fingerprint density at radius 1 is 1.38 bits per heavy atom. The zero-order chi connectivity index (χ0) is 19.3. The van der Waals surface area contributed by atoms with Crippen LogP contribution in [-0.2, 0) is 0 Å². The molecule has 6 nitrogen and oxygen atoms in total. The standard InChI is InChI=1S/C15H18F5N3O3/c16-13(17)26-12-5-8(1-3-21-12)11(2-4-24)23-14(25)22-10-6-9(7-10)15(18,19)20/h1,3,5,9-11,13,24H,2,4,6-7H2,(H2,22,23,25). The van der Waals surface area contributed by atoms with Crippen LogP contribution in [0.3, 0.4) is 0 Å². The number of carbonyl (C=O) groups excluding carboxylic acids is 1. The molecule has 2 rings (SSSR count). The Morgan fingerprint density at radius 2 is 2.08 bits per heavy atom. The highest BCUT2D eigenvalue weighted by atomic mass is 19.4. The van der Waals surface area contributed by atoms with Crippen molar-refractivity contribution in [3.8, 4) is 5.88 Å². The Labute approximate surface area is 145 Å². The van der Waals surface area contributed by atoms with Gasteiger partial charge in [-0.3, -0.25) is 0 Å². The number of aliphatic hydroxyl groups is 1. The average Bonchev–Trinajstić information content (AvgIpc) is 2.48. The number of urea groups is 1. The normalized spacial score (nSPS) is 21.0. The van der Waals surface area contributed by atoms with E-state index in [0.29, 0.717) is 5.56 Å². The number of carbonyl (C=O) groups is 1. The van der Waals surface area contributed by atoms with Gasteiger partial charge in [0.25, 0.3) is 0 Å². The smallest absolute Gasteiger partial charge is 0.391 e. The van der Waals surface area contributed by atoms with Crippen LogP contribution in [0, 0.1) is 5.92 Å². The van der Waals surface area contributed by atoms with Crippen LogP contribution in [0.5, 0.6) is 5.88 Å². The highest BCUT2D eigenvalue weighted by Crippen LogP contribution is 2.40. The van der Waals surface area contributed by atoms with Crippen molar-refractivity contribution in [1.29, 1.82) is 0 Å². The maximum Gasteiger partial charge on any atom is 0.391 e. The molecule has 1 saturated carbocycles. The van der Waals surface area contributed by atoms with E-state index >= 15 is 0 Å². The summed E-state index contributed by atoms with van der Waals surface area (Å²) in [5.41, 5.74) is 0.363. The molecule has 1 aliphatic rings. The van der Waals surface area contributed by atoms with Crippen molar-refractivity contribution in [2.45, 2.75) is 44.1 Å². The molecule has 1 unspecified atom stereocenters. The van der Waals surface area contributed by atoms with Crippen LogP contribution in [0.4, 0.5) is 26.7 Å². The Balaban J connectivity index is 1.92. The average molecular weight is 383 g/mol. The molecule has 0 saturated heterocycles.